The van der Waals surface area contributed by atoms with Gasteiger partial charge in [0, 0.05) is 0 Å². The van der Waals surface area contributed by atoms with Crippen molar-refractivity contribution in [2.24, 2.45) is 0 Å². The standard InChI is InChI=1S/C3H6O.H2OP/c1-3(2)4;1-2/h1-2H3;2H2/q;+1. The zero-order chi connectivity index (χ0) is 5.58. The summed E-state index contributed by atoms with van der Waals surface area (Å²) in [6, 6.07) is 0. The van der Waals surface area contributed by atoms with E-state index in [4.69, 9.17) is 4.57 Å². The summed E-state index contributed by atoms with van der Waals surface area (Å²) in [5, 5.41) is 0. The molecule has 1 unspecified atom stereocenters. The molecule has 0 amide bonds. The van der Waals surface area contributed by atoms with E-state index in [1.807, 2.05) is 0 Å². The maximum absolute atomic E-state index is 9.44. The van der Waals surface area contributed by atoms with Crippen molar-refractivity contribution in [3.63, 3.8) is 0 Å². The van der Waals surface area contributed by atoms with Crippen LogP contribution in [0.5, 0.6) is 0 Å². The second-order valence-corrected chi connectivity index (χ2v) is 0.908. The topological polar surface area (TPSA) is 34.1 Å². The molecule has 0 aliphatic carbocycles. The van der Waals surface area contributed by atoms with E-state index in [9.17, 15) is 4.79 Å². The minimum atomic E-state index is 0.167. The first-order valence-electron chi connectivity index (χ1n) is 1.44. The van der Waals surface area contributed by atoms with Crippen molar-refractivity contribution in [3.8, 4) is 0 Å². The lowest BCUT2D eigenvalue weighted by Gasteiger charge is -1.56. The molecule has 0 aromatic rings. The Hall–Kier alpha value is -0.230. The fourth-order valence-corrected chi connectivity index (χ4v) is 0. The van der Waals surface area contributed by atoms with Crippen molar-refractivity contribution in [2.45, 2.75) is 13.8 Å². The highest BCUT2D eigenvalue weighted by atomic mass is 31.0. The van der Waals surface area contributed by atoms with E-state index >= 15 is 0 Å². The molecule has 2 nitrogen and oxygen atoms in total. The third-order valence-corrected chi connectivity index (χ3v) is 0. The lowest BCUT2D eigenvalue weighted by atomic mass is 10.6. The summed E-state index contributed by atoms with van der Waals surface area (Å²) in [7, 11) is 1.17. The van der Waals surface area contributed by atoms with Crippen LogP contribution in [-0.4, -0.2) is 5.78 Å². The molecular formula is C3H8O2P+. The van der Waals surface area contributed by atoms with Crippen LogP contribution in [0.1, 0.15) is 13.8 Å². The minimum absolute atomic E-state index is 0.167. The van der Waals surface area contributed by atoms with Gasteiger partial charge in [-0.25, -0.2) is 0 Å². The molecule has 0 saturated heterocycles. The van der Waals surface area contributed by atoms with Gasteiger partial charge >= 0.3 is 9.12 Å². The van der Waals surface area contributed by atoms with Crippen LogP contribution in [0.25, 0.3) is 0 Å². The zero-order valence-corrected chi connectivity index (χ0v) is 5.05. The minimum Gasteiger partial charge on any atom is -0.300 e. The molecule has 0 aromatic heterocycles. The SMILES string of the molecule is CC(C)=O.O=[PH2+]. The second kappa shape index (κ2) is 8.84. The molecule has 36 valence electrons. The Balaban J connectivity index is 0. The molecule has 0 heterocycles. The largest absolute Gasteiger partial charge is 0.310 e. The Labute approximate surface area is 39.2 Å². The molecule has 0 radical (unpaired) electrons. The Morgan fingerprint density at radius 2 is 1.33 bits per heavy atom. The second-order valence-electron chi connectivity index (χ2n) is 0.908. The van der Waals surface area contributed by atoms with Gasteiger partial charge in [-0.2, -0.15) is 0 Å². The molecule has 0 aliphatic rings. The van der Waals surface area contributed by atoms with Crippen molar-refractivity contribution >= 4 is 14.9 Å². The van der Waals surface area contributed by atoms with E-state index in [0.29, 0.717) is 0 Å². The van der Waals surface area contributed by atoms with Gasteiger partial charge in [0.05, 0.1) is 0 Å². The Morgan fingerprint density at radius 3 is 1.33 bits per heavy atom. The van der Waals surface area contributed by atoms with Crippen molar-refractivity contribution < 1.29 is 9.36 Å². The normalized spacial score (nSPS) is 5.00. The first kappa shape index (κ1) is 9.24. The molecule has 0 bridgehead atoms. The summed E-state index contributed by atoms with van der Waals surface area (Å²) in [6.07, 6.45) is 0. The number of hydrogen-bond acceptors (Lipinski definition) is 2. The van der Waals surface area contributed by atoms with Crippen LogP contribution in [0, 0.1) is 0 Å². The number of carbonyl (C=O) groups excluding carboxylic acids is 1. The van der Waals surface area contributed by atoms with E-state index in [-0.39, 0.29) is 5.78 Å². The van der Waals surface area contributed by atoms with Crippen LogP contribution < -0.4 is 0 Å². The van der Waals surface area contributed by atoms with Crippen LogP contribution in [0.4, 0.5) is 0 Å². The summed E-state index contributed by atoms with van der Waals surface area (Å²) < 4.78 is 8.17. The van der Waals surface area contributed by atoms with E-state index in [1.165, 1.54) is 23.0 Å². The maximum atomic E-state index is 9.44. The maximum Gasteiger partial charge on any atom is 0.310 e. The third kappa shape index (κ3) is 547. The molecule has 0 fully saturated rings. The van der Waals surface area contributed by atoms with E-state index in [0.717, 1.165) is 0 Å². The van der Waals surface area contributed by atoms with Crippen LogP contribution in [0.2, 0.25) is 0 Å². The Kier molecular flexibility index (Phi) is 13.6. The first-order chi connectivity index (χ1) is 2.73. The Bertz CT molecular complexity index is 40.1. The van der Waals surface area contributed by atoms with Gasteiger partial charge in [0.1, 0.15) is 5.78 Å². The van der Waals surface area contributed by atoms with Gasteiger partial charge in [-0.3, -0.25) is 0 Å². The molecule has 0 N–H and O–H groups in total. The van der Waals surface area contributed by atoms with Gasteiger partial charge in [0.25, 0.3) is 0 Å². The number of carbonyl (C=O) groups is 1. The predicted octanol–water partition coefficient (Wildman–Crippen LogP) is 0.802. The van der Waals surface area contributed by atoms with Crippen LogP contribution in [-0.2, 0) is 9.36 Å². The van der Waals surface area contributed by atoms with Crippen molar-refractivity contribution in [2.75, 3.05) is 0 Å². The Morgan fingerprint density at radius 1 is 1.33 bits per heavy atom. The summed E-state index contributed by atoms with van der Waals surface area (Å²) in [4.78, 5) is 9.44. The van der Waals surface area contributed by atoms with E-state index in [2.05, 4.69) is 0 Å². The zero-order valence-electron chi connectivity index (χ0n) is 3.89. The monoisotopic (exact) mass is 107 g/mol. The third-order valence-electron chi connectivity index (χ3n) is 0. The summed E-state index contributed by atoms with van der Waals surface area (Å²) in [5.74, 6) is 0.167. The average Bonchev–Trinajstić information content (AvgIpc) is 1.41. The average molecular weight is 107 g/mol. The molecule has 0 rings (SSSR count). The first-order valence-corrected chi connectivity index (χ1v) is 1.91. The van der Waals surface area contributed by atoms with Gasteiger partial charge in [-0.05, 0) is 13.8 Å². The highest BCUT2D eigenvalue weighted by Crippen LogP contribution is 1.50. The fraction of sp³-hybridized carbons (Fsp3) is 0.667. The van der Waals surface area contributed by atoms with Crippen molar-refractivity contribution in [1.82, 2.24) is 0 Å². The predicted molar refractivity (Wildman–Crippen MR) is 26.8 cm³/mol. The summed E-state index contributed by atoms with van der Waals surface area (Å²) in [5.41, 5.74) is 0. The molecule has 6 heavy (non-hydrogen) atoms. The number of hydrogen-bond donors (Lipinski definition) is 0. The highest BCUT2D eigenvalue weighted by Gasteiger charge is 1.62. The highest BCUT2D eigenvalue weighted by molar-refractivity contribution is 7.00. The molecule has 1 atom stereocenters. The number of ketones is 1. The van der Waals surface area contributed by atoms with Gasteiger partial charge < -0.3 is 4.79 Å². The van der Waals surface area contributed by atoms with Crippen LogP contribution in [0.3, 0.4) is 0 Å². The fourth-order valence-electron chi connectivity index (χ4n) is 0. The number of Topliss-reactive ketones (excluding diaryl/α,β-unsaturated/α-hetero) is 1. The number of rotatable bonds is 0. The molecule has 0 aliphatic heterocycles. The van der Waals surface area contributed by atoms with Crippen LogP contribution >= 0.6 is 9.12 Å². The van der Waals surface area contributed by atoms with E-state index < -0.39 is 0 Å². The summed E-state index contributed by atoms with van der Waals surface area (Å²) in [6.45, 7) is 3.06. The van der Waals surface area contributed by atoms with Crippen molar-refractivity contribution in [1.29, 1.82) is 0 Å². The van der Waals surface area contributed by atoms with Crippen LogP contribution in [0.15, 0.2) is 0 Å². The van der Waals surface area contributed by atoms with Gasteiger partial charge in [0.15, 0.2) is 0 Å². The molecular weight excluding hydrogens is 99.0 g/mol. The molecule has 0 spiro atoms. The lowest BCUT2D eigenvalue weighted by Crippen LogP contribution is -1.69. The van der Waals surface area contributed by atoms with E-state index in [1.54, 1.807) is 0 Å². The molecule has 3 heteroatoms. The van der Waals surface area contributed by atoms with Gasteiger partial charge in [-0.15, -0.1) is 0 Å². The summed E-state index contributed by atoms with van der Waals surface area (Å²) >= 11 is 0. The molecule has 0 aromatic carbocycles. The molecule has 0 saturated carbocycles. The van der Waals surface area contributed by atoms with Crippen molar-refractivity contribution in [3.05, 3.63) is 0 Å². The van der Waals surface area contributed by atoms with Gasteiger partial charge in [0.2, 0.25) is 0 Å². The smallest absolute Gasteiger partial charge is 0.300 e. The quantitative estimate of drug-likeness (QED) is 0.429. The van der Waals surface area contributed by atoms with Gasteiger partial charge in [-0.1, -0.05) is 4.57 Å². The lowest BCUT2D eigenvalue weighted by molar-refractivity contribution is -0.114.